The number of carbonyl (C=O) groups is 1. The van der Waals surface area contributed by atoms with Gasteiger partial charge in [0.1, 0.15) is 0 Å². The second-order valence-corrected chi connectivity index (χ2v) is 7.12. The number of benzene rings is 1. The minimum absolute atomic E-state index is 0.240. The summed E-state index contributed by atoms with van der Waals surface area (Å²) >= 11 is 13.1. The molecular formula is C16H12Cl2N4O2S. The summed E-state index contributed by atoms with van der Waals surface area (Å²) in [4.78, 5) is 16.3. The summed E-state index contributed by atoms with van der Waals surface area (Å²) in [6, 6.07) is 8.45. The number of pyridine rings is 1. The number of thioether (sulfide) groups is 1. The number of anilines is 1. The summed E-state index contributed by atoms with van der Waals surface area (Å²) in [5, 5.41) is 11.4. The van der Waals surface area contributed by atoms with E-state index in [9.17, 15) is 4.79 Å². The molecule has 0 aliphatic rings. The van der Waals surface area contributed by atoms with Crippen LogP contribution in [-0.2, 0) is 4.79 Å². The molecule has 2 heterocycles. The Kier molecular flexibility index (Phi) is 5.57. The fourth-order valence-corrected chi connectivity index (χ4v) is 3.03. The topological polar surface area (TPSA) is 80.9 Å². The van der Waals surface area contributed by atoms with Crippen molar-refractivity contribution < 1.29 is 9.21 Å². The Bertz CT molecular complexity index is 889. The smallest absolute Gasteiger partial charge is 0.277 e. The van der Waals surface area contributed by atoms with Crippen LogP contribution in [0.15, 0.2) is 52.4 Å². The van der Waals surface area contributed by atoms with Crippen LogP contribution in [0.2, 0.25) is 10.0 Å². The van der Waals surface area contributed by atoms with E-state index in [2.05, 4.69) is 20.5 Å². The van der Waals surface area contributed by atoms with Gasteiger partial charge in [0.25, 0.3) is 5.22 Å². The molecule has 3 rings (SSSR count). The lowest BCUT2D eigenvalue weighted by Gasteiger charge is -2.11. The maximum Gasteiger partial charge on any atom is 0.277 e. The van der Waals surface area contributed by atoms with Gasteiger partial charge in [-0.2, -0.15) is 0 Å². The third-order valence-electron chi connectivity index (χ3n) is 3.15. The molecule has 0 radical (unpaired) electrons. The van der Waals surface area contributed by atoms with Crippen molar-refractivity contribution in [2.24, 2.45) is 0 Å². The average molecular weight is 395 g/mol. The first-order chi connectivity index (χ1) is 12.0. The second kappa shape index (κ2) is 7.86. The van der Waals surface area contributed by atoms with E-state index in [1.807, 2.05) is 6.07 Å². The van der Waals surface area contributed by atoms with Gasteiger partial charge in [0.05, 0.1) is 21.5 Å². The molecule has 0 unspecified atom stereocenters. The van der Waals surface area contributed by atoms with Crippen molar-refractivity contribution in [3.05, 3.63) is 52.8 Å². The van der Waals surface area contributed by atoms with Gasteiger partial charge < -0.3 is 9.73 Å². The maximum absolute atomic E-state index is 12.3. The predicted octanol–water partition coefficient (Wildman–Crippen LogP) is 4.56. The molecule has 1 aromatic carbocycles. The van der Waals surface area contributed by atoms with E-state index in [4.69, 9.17) is 27.6 Å². The molecule has 1 atom stereocenters. The van der Waals surface area contributed by atoms with Crippen molar-refractivity contribution in [3.8, 4) is 11.5 Å². The van der Waals surface area contributed by atoms with Crippen LogP contribution in [0.25, 0.3) is 11.5 Å². The van der Waals surface area contributed by atoms with Gasteiger partial charge in [-0.15, -0.1) is 10.2 Å². The first-order valence-corrected chi connectivity index (χ1v) is 8.83. The van der Waals surface area contributed by atoms with Crippen LogP contribution in [0.1, 0.15) is 6.92 Å². The van der Waals surface area contributed by atoms with Crippen LogP contribution in [0, 0.1) is 0 Å². The van der Waals surface area contributed by atoms with Gasteiger partial charge in [-0.3, -0.25) is 9.78 Å². The van der Waals surface area contributed by atoms with E-state index in [-0.39, 0.29) is 5.91 Å². The number of hydrogen-bond acceptors (Lipinski definition) is 6. The highest BCUT2D eigenvalue weighted by Gasteiger charge is 2.19. The third-order valence-corrected chi connectivity index (χ3v) is 4.63. The molecule has 1 amide bonds. The highest BCUT2D eigenvalue weighted by molar-refractivity contribution is 8.00. The number of nitrogens with one attached hydrogen (secondary N) is 1. The zero-order valence-electron chi connectivity index (χ0n) is 12.9. The normalized spacial score (nSPS) is 12.0. The van der Waals surface area contributed by atoms with Crippen LogP contribution >= 0.6 is 35.0 Å². The van der Waals surface area contributed by atoms with E-state index in [1.165, 1.54) is 0 Å². The van der Waals surface area contributed by atoms with E-state index >= 15 is 0 Å². The van der Waals surface area contributed by atoms with E-state index in [0.29, 0.717) is 32.4 Å². The summed E-state index contributed by atoms with van der Waals surface area (Å²) in [6.07, 6.45) is 3.28. The molecule has 0 aliphatic heterocycles. The molecule has 0 saturated carbocycles. The summed E-state index contributed by atoms with van der Waals surface area (Å²) in [5.41, 5.74) is 1.21. The molecule has 0 saturated heterocycles. The SMILES string of the molecule is C[C@@H](Sc1nnc(-c2cccnc2)o1)C(=O)Nc1ccc(Cl)cc1Cl. The Morgan fingerprint density at radius 3 is 2.84 bits per heavy atom. The van der Waals surface area contributed by atoms with E-state index in [0.717, 1.165) is 11.8 Å². The molecule has 6 nitrogen and oxygen atoms in total. The Morgan fingerprint density at radius 1 is 1.28 bits per heavy atom. The van der Waals surface area contributed by atoms with E-state index < -0.39 is 5.25 Å². The number of nitrogens with zero attached hydrogens (tertiary/aromatic N) is 3. The molecule has 9 heteroatoms. The summed E-state index contributed by atoms with van der Waals surface area (Å²) in [7, 11) is 0. The Labute approximate surface area is 158 Å². The Balaban J connectivity index is 1.65. The monoisotopic (exact) mass is 394 g/mol. The first-order valence-electron chi connectivity index (χ1n) is 7.19. The minimum Gasteiger partial charge on any atom is -0.411 e. The van der Waals surface area contributed by atoms with Gasteiger partial charge in [-0.1, -0.05) is 35.0 Å². The highest BCUT2D eigenvalue weighted by atomic mass is 35.5. The van der Waals surface area contributed by atoms with Crippen LogP contribution in [-0.4, -0.2) is 26.3 Å². The number of aromatic nitrogens is 3. The van der Waals surface area contributed by atoms with E-state index in [1.54, 1.807) is 43.6 Å². The zero-order chi connectivity index (χ0) is 17.8. The first kappa shape index (κ1) is 17.7. The van der Waals surface area contributed by atoms with Gasteiger partial charge >= 0.3 is 0 Å². The minimum atomic E-state index is -0.464. The van der Waals surface area contributed by atoms with Crippen LogP contribution < -0.4 is 5.32 Å². The van der Waals surface area contributed by atoms with Crippen molar-refractivity contribution >= 4 is 46.6 Å². The van der Waals surface area contributed by atoms with Crippen LogP contribution in [0.4, 0.5) is 5.69 Å². The van der Waals surface area contributed by atoms with Crippen molar-refractivity contribution in [1.82, 2.24) is 15.2 Å². The fraction of sp³-hybridized carbons (Fsp3) is 0.125. The highest BCUT2D eigenvalue weighted by Crippen LogP contribution is 2.28. The van der Waals surface area contributed by atoms with Gasteiger partial charge in [0.2, 0.25) is 11.8 Å². The number of carbonyl (C=O) groups excluding carboxylic acids is 1. The predicted molar refractivity (Wildman–Crippen MR) is 97.9 cm³/mol. The van der Waals surface area contributed by atoms with Crippen molar-refractivity contribution in [3.63, 3.8) is 0 Å². The molecule has 0 spiro atoms. The van der Waals surface area contributed by atoms with Gasteiger partial charge in [0, 0.05) is 17.4 Å². The van der Waals surface area contributed by atoms with Gasteiger partial charge in [-0.25, -0.2) is 0 Å². The van der Waals surface area contributed by atoms with Gasteiger partial charge in [-0.05, 0) is 37.3 Å². The quantitative estimate of drug-likeness (QED) is 0.638. The van der Waals surface area contributed by atoms with Crippen molar-refractivity contribution in [2.45, 2.75) is 17.4 Å². The number of halogens is 2. The average Bonchev–Trinajstić information content (AvgIpc) is 3.06. The maximum atomic E-state index is 12.3. The lowest BCUT2D eigenvalue weighted by atomic mass is 10.3. The molecule has 3 aromatic rings. The second-order valence-electron chi connectivity index (χ2n) is 4.99. The fourth-order valence-electron chi connectivity index (χ4n) is 1.89. The molecule has 1 N–H and O–H groups in total. The van der Waals surface area contributed by atoms with Crippen LogP contribution in [0.3, 0.4) is 0 Å². The number of hydrogen-bond donors (Lipinski definition) is 1. The number of amides is 1. The molecule has 0 bridgehead atoms. The Morgan fingerprint density at radius 2 is 2.12 bits per heavy atom. The summed E-state index contributed by atoms with van der Waals surface area (Å²) in [6.45, 7) is 1.73. The van der Waals surface area contributed by atoms with Crippen molar-refractivity contribution in [2.75, 3.05) is 5.32 Å². The molecule has 2 aromatic heterocycles. The van der Waals surface area contributed by atoms with Gasteiger partial charge in [0.15, 0.2) is 0 Å². The molecule has 0 fully saturated rings. The van der Waals surface area contributed by atoms with Crippen molar-refractivity contribution in [1.29, 1.82) is 0 Å². The lowest BCUT2D eigenvalue weighted by Crippen LogP contribution is -2.22. The number of rotatable bonds is 5. The lowest BCUT2D eigenvalue weighted by molar-refractivity contribution is -0.115. The molecule has 0 aliphatic carbocycles. The molecule has 25 heavy (non-hydrogen) atoms. The van der Waals surface area contributed by atoms with Crippen LogP contribution in [0.5, 0.6) is 0 Å². The Hall–Kier alpha value is -2.09. The standard InChI is InChI=1S/C16H12Cl2N4O2S/c1-9(14(23)20-13-5-4-11(17)7-12(13)18)25-16-22-21-15(24-16)10-3-2-6-19-8-10/h2-9H,1H3,(H,20,23)/t9-/m1/s1. The zero-order valence-corrected chi connectivity index (χ0v) is 15.3. The largest absolute Gasteiger partial charge is 0.411 e. The molecule has 128 valence electrons. The third kappa shape index (κ3) is 4.50. The summed E-state index contributed by atoms with van der Waals surface area (Å²) in [5.74, 6) is 0.110. The molecular weight excluding hydrogens is 383 g/mol. The summed E-state index contributed by atoms with van der Waals surface area (Å²) < 4.78 is 5.56.